The first kappa shape index (κ1) is 23.7. The zero-order valence-electron chi connectivity index (χ0n) is 20.5. The molecule has 4 aromatic carbocycles. The lowest BCUT2D eigenvalue weighted by Gasteiger charge is -2.44. The standard InChI is InChI=1S/C30H30N4O2/c1-35-28(36-2)22-30(24-16-8-4-9-17-24,34-27-21-13-12-20-26(27)32-33-34)29(23-14-6-3-7-15-23)31-25-18-10-5-11-19-25/h3-21,28-29,31H,22H2,1-2H3. The van der Waals surface area contributed by atoms with Crippen molar-refractivity contribution in [1.29, 1.82) is 0 Å². The molecule has 0 radical (unpaired) electrons. The molecule has 2 atom stereocenters. The van der Waals surface area contributed by atoms with E-state index >= 15 is 0 Å². The topological polar surface area (TPSA) is 61.2 Å². The van der Waals surface area contributed by atoms with Crippen molar-refractivity contribution in [2.45, 2.75) is 24.3 Å². The van der Waals surface area contributed by atoms with E-state index in [4.69, 9.17) is 14.7 Å². The average Bonchev–Trinajstić information content (AvgIpc) is 3.39. The second-order valence-electron chi connectivity index (χ2n) is 8.74. The first-order valence-electron chi connectivity index (χ1n) is 12.0. The third kappa shape index (κ3) is 4.49. The van der Waals surface area contributed by atoms with Gasteiger partial charge in [-0.25, -0.2) is 4.68 Å². The molecule has 1 aromatic heterocycles. The van der Waals surface area contributed by atoms with Crippen molar-refractivity contribution < 1.29 is 9.47 Å². The van der Waals surface area contributed by atoms with Gasteiger partial charge in [-0.05, 0) is 35.4 Å². The summed E-state index contributed by atoms with van der Waals surface area (Å²) in [5.41, 5.74) is 4.17. The van der Waals surface area contributed by atoms with Gasteiger partial charge in [-0.1, -0.05) is 96.2 Å². The number of methoxy groups -OCH3 is 2. The highest BCUT2D eigenvalue weighted by Crippen LogP contribution is 2.46. The van der Waals surface area contributed by atoms with E-state index in [1.807, 2.05) is 53.2 Å². The van der Waals surface area contributed by atoms with Crippen molar-refractivity contribution >= 4 is 16.7 Å². The van der Waals surface area contributed by atoms with E-state index in [0.29, 0.717) is 6.42 Å². The fraction of sp³-hybridized carbons (Fsp3) is 0.200. The van der Waals surface area contributed by atoms with Crippen molar-refractivity contribution in [3.05, 3.63) is 126 Å². The minimum Gasteiger partial charge on any atom is -0.375 e. The molecule has 36 heavy (non-hydrogen) atoms. The molecule has 0 spiro atoms. The first-order valence-corrected chi connectivity index (χ1v) is 12.0. The van der Waals surface area contributed by atoms with Gasteiger partial charge in [-0.2, -0.15) is 0 Å². The van der Waals surface area contributed by atoms with Gasteiger partial charge >= 0.3 is 0 Å². The van der Waals surface area contributed by atoms with Gasteiger partial charge in [0.05, 0.1) is 11.6 Å². The normalized spacial score (nSPS) is 14.0. The Morgan fingerprint density at radius 3 is 2.00 bits per heavy atom. The van der Waals surface area contributed by atoms with E-state index in [1.165, 1.54) is 0 Å². The molecule has 0 fully saturated rings. The Labute approximate surface area is 211 Å². The van der Waals surface area contributed by atoms with Crippen molar-refractivity contribution in [2.75, 3.05) is 19.5 Å². The molecule has 0 aliphatic heterocycles. The van der Waals surface area contributed by atoms with Crippen LogP contribution in [0, 0.1) is 0 Å². The Morgan fingerprint density at radius 2 is 1.33 bits per heavy atom. The van der Waals surface area contributed by atoms with Gasteiger partial charge in [0, 0.05) is 26.3 Å². The maximum atomic E-state index is 5.81. The van der Waals surface area contributed by atoms with Crippen molar-refractivity contribution in [3.8, 4) is 0 Å². The van der Waals surface area contributed by atoms with Crippen LogP contribution in [0.3, 0.4) is 0 Å². The molecule has 0 saturated carbocycles. The van der Waals surface area contributed by atoms with Gasteiger partial charge in [0.25, 0.3) is 0 Å². The quantitative estimate of drug-likeness (QED) is 0.248. The lowest BCUT2D eigenvalue weighted by Crippen LogP contribution is -2.48. The van der Waals surface area contributed by atoms with E-state index in [2.05, 4.69) is 77.1 Å². The molecule has 182 valence electrons. The number of para-hydroxylation sites is 2. The zero-order chi connectivity index (χ0) is 24.8. The van der Waals surface area contributed by atoms with Crippen molar-refractivity contribution in [1.82, 2.24) is 15.0 Å². The lowest BCUT2D eigenvalue weighted by atomic mass is 9.76. The van der Waals surface area contributed by atoms with Crippen LogP contribution in [0.4, 0.5) is 5.69 Å². The summed E-state index contributed by atoms with van der Waals surface area (Å²) in [7, 11) is 3.34. The van der Waals surface area contributed by atoms with Crippen molar-refractivity contribution in [2.24, 2.45) is 0 Å². The highest BCUT2D eigenvalue weighted by atomic mass is 16.7. The number of ether oxygens (including phenoxy) is 2. The maximum absolute atomic E-state index is 5.81. The molecule has 0 saturated heterocycles. The molecular weight excluding hydrogens is 448 g/mol. The third-order valence-electron chi connectivity index (χ3n) is 6.70. The number of aromatic nitrogens is 3. The summed E-state index contributed by atoms with van der Waals surface area (Å²) in [5, 5.41) is 13.2. The lowest BCUT2D eigenvalue weighted by molar-refractivity contribution is -0.122. The molecule has 5 rings (SSSR count). The largest absolute Gasteiger partial charge is 0.375 e. The average molecular weight is 479 g/mol. The number of hydrogen-bond acceptors (Lipinski definition) is 5. The van der Waals surface area contributed by atoms with E-state index < -0.39 is 11.8 Å². The monoisotopic (exact) mass is 478 g/mol. The summed E-state index contributed by atoms with van der Waals surface area (Å²) in [4.78, 5) is 0. The van der Waals surface area contributed by atoms with Crippen LogP contribution in [-0.2, 0) is 15.0 Å². The molecule has 0 amide bonds. The van der Waals surface area contributed by atoms with Crippen molar-refractivity contribution in [3.63, 3.8) is 0 Å². The van der Waals surface area contributed by atoms with Gasteiger partial charge in [0.1, 0.15) is 11.1 Å². The Hall–Kier alpha value is -4.00. The van der Waals surface area contributed by atoms with Gasteiger partial charge < -0.3 is 14.8 Å². The predicted molar refractivity (Wildman–Crippen MR) is 143 cm³/mol. The number of anilines is 1. The van der Waals surface area contributed by atoms with Gasteiger partial charge in [0.15, 0.2) is 6.29 Å². The Morgan fingerprint density at radius 1 is 0.750 bits per heavy atom. The third-order valence-corrected chi connectivity index (χ3v) is 6.70. The van der Waals surface area contributed by atoms with Gasteiger partial charge in [0.2, 0.25) is 0 Å². The second kappa shape index (κ2) is 10.7. The summed E-state index contributed by atoms with van der Waals surface area (Å²) in [6, 6.07) is 38.9. The summed E-state index contributed by atoms with van der Waals surface area (Å²) < 4.78 is 13.7. The molecule has 5 aromatic rings. The van der Waals surface area contributed by atoms with Crippen LogP contribution in [0.5, 0.6) is 0 Å². The number of rotatable bonds is 10. The highest BCUT2D eigenvalue weighted by molar-refractivity contribution is 5.74. The number of fused-ring (bicyclic) bond motifs is 1. The fourth-order valence-corrected chi connectivity index (χ4v) is 4.97. The number of hydrogen-bond donors (Lipinski definition) is 1. The smallest absolute Gasteiger partial charge is 0.159 e. The Balaban J connectivity index is 1.84. The number of benzene rings is 4. The molecule has 6 nitrogen and oxygen atoms in total. The fourth-order valence-electron chi connectivity index (χ4n) is 4.97. The predicted octanol–water partition coefficient (Wildman–Crippen LogP) is 6.04. The number of nitrogens with zero attached hydrogens (tertiary/aromatic N) is 3. The van der Waals surface area contributed by atoms with Gasteiger partial charge in [-0.15, -0.1) is 5.10 Å². The highest BCUT2D eigenvalue weighted by Gasteiger charge is 2.47. The molecular formula is C30H30N4O2. The summed E-state index contributed by atoms with van der Waals surface area (Å²) in [6.07, 6.45) is -0.00603. The SMILES string of the molecule is COC(CC(c1ccccc1)(C(Nc1ccccc1)c1ccccc1)n1nnc2ccccc21)OC. The van der Waals surface area contributed by atoms with Crippen LogP contribution >= 0.6 is 0 Å². The molecule has 2 unspecified atom stereocenters. The number of nitrogens with one attached hydrogen (secondary N) is 1. The van der Waals surface area contributed by atoms with E-state index in [0.717, 1.165) is 27.8 Å². The zero-order valence-corrected chi connectivity index (χ0v) is 20.5. The van der Waals surface area contributed by atoms with Gasteiger partial charge in [-0.3, -0.25) is 0 Å². The molecule has 1 heterocycles. The second-order valence-corrected chi connectivity index (χ2v) is 8.74. The molecule has 0 aliphatic rings. The van der Waals surface area contributed by atoms with Crippen LogP contribution in [0.25, 0.3) is 11.0 Å². The summed E-state index contributed by atoms with van der Waals surface area (Å²) >= 11 is 0. The minimum atomic E-state index is -0.773. The molecule has 6 heteroatoms. The van der Waals surface area contributed by atoms with E-state index in [9.17, 15) is 0 Å². The molecule has 0 bridgehead atoms. The van der Waals surface area contributed by atoms with Crippen LogP contribution in [0.2, 0.25) is 0 Å². The summed E-state index contributed by atoms with van der Waals surface area (Å²) in [6.45, 7) is 0. The maximum Gasteiger partial charge on any atom is 0.159 e. The van der Waals surface area contributed by atoms with Crippen LogP contribution in [0.1, 0.15) is 23.6 Å². The molecule has 0 aliphatic carbocycles. The Kier molecular flexibility index (Phi) is 7.07. The minimum absolute atomic E-state index is 0.249. The molecule has 1 N–H and O–H groups in total. The van der Waals surface area contributed by atoms with Crippen LogP contribution in [0.15, 0.2) is 115 Å². The van der Waals surface area contributed by atoms with E-state index in [1.54, 1.807) is 14.2 Å². The Bertz CT molecular complexity index is 1370. The first-order chi connectivity index (χ1) is 17.8. The van der Waals surface area contributed by atoms with Crippen LogP contribution < -0.4 is 5.32 Å². The summed E-state index contributed by atoms with van der Waals surface area (Å²) in [5.74, 6) is 0. The van der Waals surface area contributed by atoms with Crippen LogP contribution in [-0.4, -0.2) is 35.5 Å². The van der Waals surface area contributed by atoms with E-state index in [-0.39, 0.29) is 6.04 Å².